The summed E-state index contributed by atoms with van der Waals surface area (Å²) in [6.45, 7) is 11.2. The van der Waals surface area contributed by atoms with E-state index in [9.17, 15) is 4.79 Å². The van der Waals surface area contributed by atoms with Crippen LogP contribution in [0, 0.1) is 12.8 Å². The van der Waals surface area contributed by atoms with Gasteiger partial charge in [-0.05, 0) is 71.0 Å². The molecule has 2 aliphatic rings. The molecule has 1 N–H and O–H groups in total. The van der Waals surface area contributed by atoms with Gasteiger partial charge in [0.1, 0.15) is 5.76 Å². The van der Waals surface area contributed by atoms with E-state index >= 15 is 0 Å². The summed E-state index contributed by atoms with van der Waals surface area (Å²) < 4.78 is 5.90. The van der Waals surface area contributed by atoms with Crippen LogP contribution in [0.3, 0.4) is 0 Å². The Kier molecular flexibility index (Phi) is 6.91. The molecule has 0 unspecified atom stereocenters. The number of rotatable bonds is 6. The van der Waals surface area contributed by atoms with E-state index in [0.717, 1.165) is 67.8 Å². The standard InChI is InChI=1S/C23H34N4O2S/c1-16(2)24-22(28)18-6-12-27(13-7-18)19-8-10-26(11-9-19)15-20-17(3)29-23(25-20)21-5-4-14-30-21/h4-5,14,16,18-19H,6-13,15H2,1-3H3,(H,24,28). The van der Waals surface area contributed by atoms with Gasteiger partial charge in [0.05, 0.1) is 10.6 Å². The number of oxazole rings is 1. The van der Waals surface area contributed by atoms with Gasteiger partial charge in [0, 0.05) is 37.6 Å². The van der Waals surface area contributed by atoms with E-state index < -0.39 is 0 Å². The summed E-state index contributed by atoms with van der Waals surface area (Å²) in [6.07, 6.45) is 4.36. The van der Waals surface area contributed by atoms with Crippen LogP contribution in [0.1, 0.15) is 51.0 Å². The van der Waals surface area contributed by atoms with Crippen molar-refractivity contribution in [2.45, 2.75) is 65.1 Å². The molecule has 0 aromatic carbocycles. The Balaban J connectivity index is 1.24. The van der Waals surface area contributed by atoms with Crippen molar-refractivity contribution in [1.29, 1.82) is 0 Å². The van der Waals surface area contributed by atoms with Gasteiger partial charge in [-0.3, -0.25) is 9.69 Å². The van der Waals surface area contributed by atoms with Gasteiger partial charge in [0.25, 0.3) is 0 Å². The highest BCUT2D eigenvalue weighted by molar-refractivity contribution is 7.13. The minimum atomic E-state index is 0.191. The van der Waals surface area contributed by atoms with Crippen LogP contribution < -0.4 is 5.32 Å². The lowest BCUT2D eigenvalue weighted by molar-refractivity contribution is -0.127. The molecule has 0 spiro atoms. The Morgan fingerprint density at radius 1 is 1.23 bits per heavy atom. The van der Waals surface area contributed by atoms with E-state index in [1.807, 2.05) is 26.8 Å². The molecule has 1 amide bonds. The maximum Gasteiger partial charge on any atom is 0.236 e. The Bertz CT molecular complexity index is 816. The Morgan fingerprint density at radius 3 is 2.60 bits per heavy atom. The Morgan fingerprint density at radius 2 is 1.97 bits per heavy atom. The van der Waals surface area contributed by atoms with Crippen molar-refractivity contribution in [3.63, 3.8) is 0 Å². The summed E-state index contributed by atoms with van der Waals surface area (Å²) in [5.41, 5.74) is 1.06. The maximum absolute atomic E-state index is 12.3. The average Bonchev–Trinajstić information content (AvgIpc) is 3.39. The highest BCUT2D eigenvalue weighted by Crippen LogP contribution is 2.28. The fraction of sp³-hybridized carbons (Fsp3) is 0.652. The molecule has 2 saturated heterocycles. The lowest BCUT2D eigenvalue weighted by Gasteiger charge is -2.41. The van der Waals surface area contributed by atoms with Crippen LogP contribution in [0.4, 0.5) is 0 Å². The third kappa shape index (κ3) is 5.13. The topological polar surface area (TPSA) is 61.6 Å². The summed E-state index contributed by atoms with van der Waals surface area (Å²) in [7, 11) is 0. The molecular formula is C23H34N4O2S. The zero-order valence-corrected chi connectivity index (χ0v) is 19.2. The minimum absolute atomic E-state index is 0.191. The second kappa shape index (κ2) is 9.62. The maximum atomic E-state index is 12.3. The SMILES string of the molecule is Cc1oc(-c2cccs2)nc1CN1CCC(N2CCC(C(=O)NC(C)C)CC2)CC1. The number of thiophene rings is 1. The first-order valence-electron chi connectivity index (χ1n) is 11.3. The number of piperidine rings is 2. The first-order chi connectivity index (χ1) is 14.5. The van der Waals surface area contributed by atoms with Gasteiger partial charge >= 0.3 is 0 Å². The molecule has 2 aromatic heterocycles. The fourth-order valence-corrected chi connectivity index (χ4v) is 5.31. The highest BCUT2D eigenvalue weighted by atomic mass is 32.1. The Hall–Kier alpha value is -1.70. The number of carbonyl (C=O) groups is 1. The predicted octanol–water partition coefficient (Wildman–Crippen LogP) is 3.91. The largest absolute Gasteiger partial charge is 0.440 e. The normalized spacial score (nSPS) is 20.1. The molecule has 0 bridgehead atoms. The van der Waals surface area contributed by atoms with Crippen molar-refractivity contribution in [2.24, 2.45) is 5.92 Å². The predicted molar refractivity (Wildman–Crippen MR) is 120 cm³/mol. The number of nitrogens with one attached hydrogen (secondary N) is 1. The average molecular weight is 431 g/mol. The first kappa shape index (κ1) is 21.5. The third-order valence-corrected chi connectivity index (χ3v) is 7.26. The lowest BCUT2D eigenvalue weighted by atomic mass is 9.92. The fourth-order valence-electron chi connectivity index (χ4n) is 4.66. The van der Waals surface area contributed by atoms with Crippen molar-refractivity contribution in [3.05, 3.63) is 29.0 Å². The molecule has 164 valence electrons. The minimum Gasteiger partial charge on any atom is -0.440 e. The second-order valence-electron chi connectivity index (χ2n) is 8.98. The summed E-state index contributed by atoms with van der Waals surface area (Å²) in [4.78, 5) is 23.2. The number of aromatic nitrogens is 1. The van der Waals surface area contributed by atoms with E-state index in [-0.39, 0.29) is 17.9 Å². The van der Waals surface area contributed by atoms with Crippen molar-refractivity contribution < 1.29 is 9.21 Å². The third-order valence-electron chi connectivity index (χ3n) is 6.40. The molecule has 0 aliphatic carbocycles. The smallest absolute Gasteiger partial charge is 0.236 e. The van der Waals surface area contributed by atoms with Gasteiger partial charge in [0.15, 0.2) is 0 Å². The van der Waals surface area contributed by atoms with Crippen LogP contribution in [0.15, 0.2) is 21.9 Å². The highest BCUT2D eigenvalue weighted by Gasteiger charge is 2.31. The number of aryl methyl sites for hydroxylation is 1. The van der Waals surface area contributed by atoms with Crippen molar-refractivity contribution in [3.8, 4) is 10.8 Å². The van der Waals surface area contributed by atoms with Gasteiger partial charge in [-0.1, -0.05) is 6.07 Å². The van der Waals surface area contributed by atoms with Crippen LogP contribution in [0.2, 0.25) is 0 Å². The summed E-state index contributed by atoms with van der Waals surface area (Å²) in [5.74, 6) is 2.11. The van der Waals surface area contributed by atoms with Crippen molar-refractivity contribution in [1.82, 2.24) is 20.1 Å². The molecule has 0 saturated carbocycles. The van der Waals surface area contributed by atoms with Gasteiger partial charge in [0.2, 0.25) is 11.8 Å². The van der Waals surface area contributed by atoms with E-state index in [4.69, 9.17) is 9.40 Å². The van der Waals surface area contributed by atoms with Gasteiger partial charge in [-0.25, -0.2) is 4.98 Å². The van der Waals surface area contributed by atoms with E-state index in [2.05, 4.69) is 26.6 Å². The number of likely N-dealkylation sites (tertiary alicyclic amines) is 2. The van der Waals surface area contributed by atoms with Crippen LogP contribution in [-0.2, 0) is 11.3 Å². The van der Waals surface area contributed by atoms with Crippen LogP contribution in [-0.4, -0.2) is 59.0 Å². The summed E-state index contributed by atoms with van der Waals surface area (Å²) in [5, 5.41) is 5.13. The molecule has 2 fully saturated rings. The van der Waals surface area contributed by atoms with Crippen LogP contribution >= 0.6 is 11.3 Å². The Labute approximate surface area is 183 Å². The molecular weight excluding hydrogens is 396 g/mol. The quantitative estimate of drug-likeness (QED) is 0.753. The van der Waals surface area contributed by atoms with E-state index in [0.29, 0.717) is 6.04 Å². The molecule has 0 atom stereocenters. The van der Waals surface area contributed by atoms with Crippen molar-refractivity contribution in [2.75, 3.05) is 26.2 Å². The lowest BCUT2D eigenvalue weighted by Crippen LogP contribution is -2.49. The molecule has 4 rings (SSSR count). The number of nitrogens with zero attached hydrogens (tertiary/aromatic N) is 3. The molecule has 6 nitrogen and oxygen atoms in total. The van der Waals surface area contributed by atoms with Crippen molar-refractivity contribution >= 4 is 17.2 Å². The molecule has 4 heterocycles. The van der Waals surface area contributed by atoms with Gasteiger partial charge in [-0.2, -0.15) is 0 Å². The van der Waals surface area contributed by atoms with Crippen LogP contribution in [0.5, 0.6) is 0 Å². The number of amides is 1. The summed E-state index contributed by atoms with van der Waals surface area (Å²) in [6, 6.07) is 4.97. The van der Waals surface area contributed by atoms with E-state index in [1.165, 1.54) is 12.8 Å². The van der Waals surface area contributed by atoms with E-state index in [1.54, 1.807) is 11.3 Å². The molecule has 2 aliphatic heterocycles. The molecule has 7 heteroatoms. The van der Waals surface area contributed by atoms with Gasteiger partial charge < -0.3 is 14.6 Å². The molecule has 30 heavy (non-hydrogen) atoms. The number of hydrogen-bond donors (Lipinski definition) is 1. The monoisotopic (exact) mass is 430 g/mol. The number of carbonyl (C=O) groups excluding carboxylic acids is 1. The zero-order valence-electron chi connectivity index (χ0n) is 18.4. The molecule has 0 radical (unpaired) electrons. The van der Waals surface area contributed by atoms with Crippen LogP contribution in [0.25, 0.3) is 10.8 Å². The zero-order chi connectivity index (χ0) is 21.1. The summed E-state index contributed by atoms with van der Waals surface area (Å²) >= 11 is 1.66. The molecule has 2 aromatic rings. The van der Waals surface area contributed by atoms with Gasteiger partial charge in [-0.15, -0.1) is 11.3 Å². The number of hydrogen-bond acceptors (Lipinski definition) is 6. The second-order valence-corrected chi connectivity index (χ2v) is 9.93. The first-order valence-corrected chi connectivity index (χ1v) is 12.1.